The zero-order valence-electron chi connectivity index (χ0n) is 8.97. The molecule has 3 nitrogen and oxygen atoms in total. The number of rotatable bonds is 6. The summed E-state index contributed by atoms with van der Waals surface area (Å²) >= 11 is 0. The lowest BCUT2D eigenvalue weighted by molar-refractivity contribution is -0.156. The first-order chi connectivity index (χ1) is 7.20. The van der Waals surface area contributed by atoms with Crippen LogP contribution in [-0.2, 0) is 11.2 Å². The molecular weight excluding hydrogens is 192 g/mol. The van der Waals surface area contributed by atoms with Crippen LogP contribution in [0.25, 0.3) is 0 Å². The second kappa shape index (κ2) is 6.56. The van der Waals surface area contributed by atoms with E-state index in [9.17, 15) is 0 Å². The minimum atomic E-state index is -1.07. The van der Waals surface area contributed by atoms with Gasteiger partial charge in [-0.1, -0.05) is 30.3 Å². The summed E-state index contributed by atoms with van der Waals surface area (Å²) in [7, 11) is 0. The Hall–Kier alpha value is -0.900. The zero-order chi connectivity index (χ0) is 11.1. The molecule has 15 heavy (non-hydrogen) atoms. The highest BCUT2D eigenvalue weighted by Gasteiger charge is 2.09. The summed E-state index contributed by atoms with van der Waals surface area (Å²) < 4.78 is 5.03. The van der Waals surface area contributed by atoms with Gasteiger partial charge in [0, 0.05) is 0 Å². The standard InChI is InChI=1S/C12H18O3/c1-10(13)12(14)15-9-5-8-11-6-3-2-4-7-11/h2-4,6-7,10,12-14H,5,8-9H2,1H3. The second-order valence-corrected chi connectivity index (χ2v) is 3.59. The van der Waals surface area contributed by atoms with Crippen molar-refractivity contribution in [2.75, 3.05) is 6.61 Å². The molecule has 3 heteroatoms. The molecule has 0 saturated heterocycles. The molecule has 0 aliphatic heterocycles. The number of aliphatic hydroxyl groups excluding tert-OH is 2. The molecule has 2 N–H and O–H groups in total. The third kappa shape index (κ3) is 4.93. The van der Waals surface area contributed by atoms with Crippen molar-refractivity contribution < 1.29 is 14.9 Å². The largest absolute Gasteiger partial charge is 0.388 e. The van der Waals surface area contributed by atoms with Crippen molar-refractivity contribution >= 4 is 0 Å². The van der Waals surface area contributed by atoms with Gasteiger partial charge in [0.05, 0.1) is 6.61 Å². The summed E-state index contributed by atoms with van der Waals surface area (Å²) in [6.45, 7) is 1.96. The highest BCUT2D eigenvalue weighted by molar-refractivity contribution is 5.14. The van der Waals surface area contributed by atoms with Crippen LogP contribution < -0.4 is 0 Å². The highest BCUT2D eigenvalue weighted by Crippen LogP contribution is 2.03. The summed E-state index contributed by atoms with van der Waals surface area (Å²) in [6.07, 6.45) is -0.135. The van der Waals surface area contributed by atoms with Crippen LogP contribution in [0.2, 0.25) is 0 Å². The Balaban J connectivity index is 2.12. The molecule has 1 rings (SSSR count). The summed E-state index contributed by atoms with van der Waals surface area (Å²) in [5.41, 5.74) is 1.26. The number of benzene rings is 1. The molecule has 0 radical (unpaired) electrons. The van der Waals surface area contributed by atoms with E-state index in [2.05, 4.69) is 12.1 Å². The minimum absolute atomic E-state index is 0.459. The fourth-order valence-corrected chi connectivity index (χ4v) is 1.26. The lowest BCUT2D eigenvalue weighted by Crippen LogP contribution is -2.26. The first-order valence-corrected chi connectivity index (χ1v) is 5.22. The highest BCUT2D eigenvalue weighted by atomic mass is 16.6. The van der Waals surface area contributed by atoms with Gasteiger partial charge in [-0.3, -0.25) is 0 Å². The maximum atomic E-state index is 9.15. The van der Waals surface area contributed by atoms with Crippen molar-refractivity contribution in [3.63, 3.8) is 0 Å². The summed E-state index contributed by atoms with van der Waals surface area (Å²) in [5.74, 6) is 0. The predicted octanol–water partition coefficient (Wildman–Crippen LogP) is 1.33. The van der Waals surface area contributed by atoms with Crippen molar-refractivity contribution in [2.24, 2.45) is 0 Å². The van der Waals surface area contributed by atoms with Crippen LogP contribution in [0.3, 0.4) is 0 Å². The number of hydrogen-bond acceptors (Lipinski definition) is 3. The fraction of sp³-hybridized carbons (Fsp3) is 0.500. The minimum Gasteiger partial charge on any atom is -0.388 e. The van der Waals surface area contributed by atoms with Crippen LogP contribution in [0.5, 0.6) is 0 Å². The normalized spacial score (nSPS) is 14.9. The quantitative estimate of drug-likeness (QED) is 0.550. The van der Waals surface area contributed by atoms with Gasteiger partial charge in [-0.15, -0.1) is 0 Å². The maximum absolute atomic E-state index is 9.15. The third-order valence-corrected chi connectivity index (χ3v) is 2.15. The predicted molar refractivity (Wildman–Crippen MR) is 58.4 cm³/mol. The van der Waals surface area contributed by atoms with Gasteiger partial charge in [-0.2, -0.15) is 0 Å². The van der Waals surface area contributed by atoms with Crippen LogP contribution in [0.1, 0.15) is 18.9 Å². The molecule has 0 aromatic heterocycles. The molecule has 2 unspecified atom stereocenters. The molecule has 0 amide bonds. The number of ether oxygens (including phenoxy) is 1. The van der Waals surface area contributed by atoms with Crippen molar-refractivity contribution in [3.8, 4) is 0 Å². The Bertz CT molecular complexity index is 259. The number of aliphatic hydroxyl groups is 2. The van der Waals surface area contributed by atoms with E-state index >= 15 is 0 Å². The third-order valence-electron chi connectivity index (χ3n) is 2.15. The first kappa shape index (κ1) is 12.2. The Kier molecular flexibility index (Phi) is 5.32. The Morgan fingerprint density at radius 2 is 1.87 bits per heavy atom. The Morgan fingerprint density at radius 1 is 1.20 bits per heavy atom. The first-order valence-electron chi connectivity index (χ1n) is 5.22. The van der Waals surface area contributed by atoms with Crippen LogP contribution in [-0.4, -0.2) is 29.2 Å². The van der Waals surface area contributed by atoms with Gasteiger partial charge >= 0.3 is 0 Å². The van der Waals surface area contributed by atoms with E-state index in [1.807, 2.05) is 18.2 Å². The second-order valence-electron chi connectivity index (χ2n) is 3.59. The van der Waals surface area contributed by atoms with E-state index in [4.69, 9.17) is 14.9 Å². The molecule has 0 aliphatic carbocycles. The molecule has 1 aromatic rings. The van der Waals surface area contributed by atoms with Crippen molar-refractivity contribution in [3.05, 3.63) is 35.9 Å². The zero-order valence-corrected chi connectivity index (χ0v) is 8.97. The average molecular weight is 210 g/mol. The topological polar surface area (TPSA) is 49.7 Å². The van der Waals surface area contributed by atoms with Gasteiger partial charge < -0.3 is 14.9 Å². The molecule has 0 aliphatic rings. The Labute approximate surface area is 90.3 Å². The van der Waals surface area contributed by atoms with E-state index in [1.54, 1.807) is 0 Å². The molecule has 2 atom stereocenters. The molecule has 0 fully saturated rings. The fourth-order valence-electron chi connectivity index (χ4n) is 1.26. The lowest BCUT2D eigenvalue weighted by atomic mass is 10.1. The maximum Gasteiger partial charge on any atom is 0.180 e. The van der Waals surface area contributed by atoms with Crippen LogP contribution in [0.4, 0.5) is 0 Å². The van der Waals surface area contributed by atoms with E-state index in [1.165, 1.54) is 12.5 Å². The summed E-state index contributed by atoms with van der Waals surface area (Å²) in [5, 5.41) is 18.1. The number of aryl methyl sites for hydroxylation is 1. The average Bonchev–Trinajstić information content (AvgIpc) is 2.25. The van der Waals surface area contributed by atoms with Crippen LogP contribution in [0, 0.1) is 0 Å². The molecule has 0 saturated carbocycles. The van der Waals surface area contributed by atoms with E-state index in [0.29, 0.717) is 6.61 Å². The van der Waals surface area contributed by atoms with E-state index in [0.717, 1.165) is 12.8 Å². The van der Waals surface area contributed by atoms with E-state index < -0.39 is 12.4 Å². The van der Waals surface area contributed by atoms with Gasteiger partial charge in [0.15, 0.2) is 6.29 Å². The smallest absolute Gasteiger partial charge is 0.180 e. The Morgan fingerprint density at radius 3 is 2.47 bits per heavy atom. The van der Waals surface area contributed by atoms with Crippen LogP contribution >= 0.6 is 0 Å². The molecule has 0 bridgehead atoms. The molecule has 0 heterocycles. The van der Waals surface area contributed by atoms with Gasteiger partial charge in [-0.05, 0) is 25.3 Å². The SMILES string of the molecule is CC(O)C(O)OCCCc1ccccc1. The summed E-state index contributed by atoms with van der Waals surface area (Å²) in [4.78, 5) is 0. The van der Waals surface area contributed by atoms with E-state index in [-0.39, 0.29) is 0 Å². The van der Waals surface area contributed by atoms with Gasteiger partial charge in [-0.25, -0.2) is 0 Å². The van der Waals surface area contributed by atoms with Crippen molar-refractivity contribution in [2.45, 2.75) is 32.2 Å². The summed E-state index contributed by atoms with van der Waals surface area (Å²) in [6, 6.07) is 10.1. The molecule has 0 spiro atoms. The van der Waals surface area contributed by atoms with Gasteiger partial charge in [0.25, 0.3) is 0 Å². The lowest BCUT2D eigenvalue weighted by Gasteiger charge is -2.14. The van der Waals surface area contributed by atoms with Crippen molar-refractivity contribution in [1.82, 2.24) is 0 Å². The monoisotopic (exact) mass is 210 g/mol. The molecular formula is C12H18O3. The molecule has 1 aromatic carbocycles. The van der Waals surface area contributed by atoms with Gasteiger partial charge in [0.1, 0.15) is 6.10 Å². The van der Waals surface area contributed by atoms with Crippen LogP contribution in [0.15, 0.2) is 30.3 Å². The number of hydrogen-bond donors (Lipinski definition) is 2. The molecule has 84 valence electrons. The van der Waals surface area contributed by atoms with Gasteiger partial charge in [0.2, 0.25) is 0 Å². The van der Waals surface area contributed by atoms with Crippen molar-refractivity contribution in [1.29, 1.82) is 0 Å².